The van der Waals surface area contributed by atoms with Gasteiger partial charge in [0.1, 0.15) is 6.10 Å². The average molecular weight is 251 g/mol. The molecule has 1 unspecified atom stereocenters. The van der Waals surface area contributed by atoms with Gasteiger partial charge in [-0.3, -0.25) is 4.68 Å². The first-order valence-corrected chi connectivity index (χ1v) is 6.69. The normalized spacial score (nSPS) is 12.9. The zero-order valence-corrected chi connectivity index (χ0v) is 10.9. The molecule has 92 valence electrons. The Bertz CT molecular complexity index is 478. The lowest BCUT2D eigenvalue weighted by Crippen LogP contribution is -2.11. The lowest BCUT2D eigenvalue weighted by molar-refractivity contribution is 0.165. The minimum Gasteiger partial charge on any atom is -0.386 e. The number of aliphatic hydroxyl groups excluding tert-OH is 1. The first kappa shape index (κ1) is 12.3. The third-order valence-electron chi connectivity index (χ3n) is 2.60. The molecule has 0 spiro atoms. The Morgan fingerprint density at radius 3 is 3.00 bits per heavy atom. The fourth-order valence-electron chi connectivity index (χ4n) is 1.83. The van der Waals surface area contributed by atoms with Crippen molar-refractivity contribution in [1.29, 1.82) is 0 Å². The molecule has 0 radical (unpaired) electrons. The molecule has 0 aliphatic heterocycles. The predicted octanol–water partition coefficient (Wildman–Crippen LogP) is 2.33. The quantitative estimate of drug-likeness (QED) is 0.887. The Kier molecular flexibility index (Phi) is 3.91. The summed E-state index contributed by atoms with van der Waals surface area (Å²) < 4.78 is 1.86. The van der Waals surface area contributed by atoms with E-state index >= 15 is 0 Å². The largest absolute Gasteiger partial charge is 0.386 e. The Labute approximate surface area is 105 Å². The van der Waals surface area contributed by atoms with Gasteiger partial charge in [-0.25, -0.2) is 4.98 Å². The number of aryl methyl sites for hydroxylation is 2. The summed E-state index contributed by atoms with van der Waals surface area (Å²) in [4.78, 5) is 4.37. The molecule has 4 nitrogen and oxygen atoms in total. The van der Waals surface area contributed by atoms with E-state index in [1.165, 1.54) is 0 Å². The summed E-state index contributed by atoms with van der Waals surface area (Å²) in [6.45, 7) is 4.92. The van der Waals surface area contributed by atoms with Gasteiger partial charge in [-0.05, 0) is 19.4 Å². The molecule has 17 heavy (non-hydrogen) atoms. The van der Waals surface area contributed by atoms with Crippen molar-refractivity contribution >= 4 is 11.3 Å². The highest BCUT2D eigenvalue weighted by Crippen LogP contribution is 2.19. The van der Waals surface area contributed by atoms with Crippen LogP contribution in [0.3, 0.4) is 0 Å². The number of hydrogen-bond donors (Lipinski definition) is 1. The van der Waals surface area contributed by atoms with Gasteiger partial charge in [0.15, 0.2) is 0 Å². The fourth-order valence-corrected chi connectivity index (χ4v) is 2.45. The summed E-state index contributed by atoms with van der Waals surface area (Å²) in [5.74, 6) is 0. The Hall–Kier alpha value is -1.20. The van der Waals surface area contributed by atoms with Crippen molar-refractivity contribution in [2.45, 2.75) is 39.3 Å². The molecule has 2 aromatic heterocycles. The predicted molar refractivity (Wildman–Crippen MR) is 68.0 cm³/mol. The lowest BCUT2D eigenvalue weighted by atomic mass is 10.1. The average Bonchev–Trinajstić information content (AvgIpc) is 2.88. The molecule has 5 heteroatoms. The van der Waals surface area contributed by atoms with Crippen molar-refractivity contribution in [3.63, 3.8) is 0 Å². The Morgan fingerprint density at radius 2 is 2.35 bits per heavy atom. The third-order valence-corrected chi connectivity index (χ3v) is 3.42. The molecule has 2 rings (SSSR count). The van der Waals surface area contributed by atoms with E-state index < -0.39 is 6.10 Å². The van der Waals surface area contributed by atoms with Crippen molar-refractivity contribution in [2.24, 2.45) is 0 Å². The molecule has 1 N–H and O–H groups in total. The van der Waals surface area contributed by atoms with Crippen LogP contribution in [0.15, 0.2) is 17.6 Å². The van der Waals surface area contributed by atoms with E-state index in [1.807, 2.05) is 23.1 Å². The number of aromatic nitrogens is 3. The zero-order chi connectivity index (χ0) is 12.3. The number of thiazole rings is 1. The molecule has 0 saturated heterocycles. The molecule has 0 bridgehead atoms. The molecule has 0 aliphatic rings. The van der Waals surface area contributed by atoms with E-state index in [2.05, 4.69) is 17.0 Å². The number of aliphatic hydroxyl groups is 1. The van der Waals surface area contributed by atoms with E-state index in [9.17, 15) is 5.11 Å². The van der Waals surface area contributed by atoms with Crippen LogP contribution >= 0.6 is 11.3 Å². The summed E-state index contributed by atoms with van der Waals surface area (Å²) >= 11 is 1.61. The maximum absolute atomic E-state index is 10.2. The van der Waals surface area contributed by atoms with Crippen molar-refractivity contribution < 1.29 is 5.11 Å². The van der Waals surface area contributed by atoms with Gasteiger partial charge in [0, 0.05) is 24.5 Å². The molecule has 0 amide bonds. The lowest BCUT2D eigenvalue weighted by Gasteiger charge is -2.11. The molecule has 0 aromatic carbocycles. The highest BCUT2D eigenvalue weighted by atomic mass is 32.1. The fraction of sp³-hybridized carbons (Fsp3) is 0.500. The summed E-state index contributed by atoms with van der Waals surface area (Å²) in [6.07, 6.45) is 2.78. The van der Waals surface area contributed by atoms with E-state index in [-0.39, 0.29) is 0 Å². The summed E-state index contributed by atoms with van der Waals surface area (Å²) in [5, 5.41) is 17.4. The van der Waals surface area contributed by atoms with Gasteiger partial charge in [0.2, 0.25) is 0 Å². The third kappa shape index (κ3) is 2.92. The van der Waals surface area contributed by atoms with Crippen molar-refractivity contribution in [2.75, 3.05) is 0 Å². The van der Waals surface area contributed by atoms with Crippen LogP contribution in [-0.2, 0) is 13.0 Å². The highest BCUT2D eigenvalue weighted by molar-refractivity contribution is 7.09. The molecular formula is C12H17N3OS. The summed E-state index contributed by atoms with van der Waals surface area (Å²) in [7, 11) is 0. The van der Waals surface area contributed by atoms with Gasteiger partial charge in [-0.15, -0.1) is 11.3 Å². The second kappa shape index (κ2) is 5.42. The van der Waals surface area contributed by atoms with Crippen LogP contribution in [0.5, 0.6) is 0 Å². The smallest absolute Gasteiger partial charge is 0.101 e. The monoisotopic (exact) mass is 251 g/mol. The van der Waals surface area contributed by atoms with Crippen LogP contribution in [0.4, 0.5) is 0 Å². The van der Waals surface area contributed by atoms with Gasteiger partial charge >= 0.3 is 0 Å². The second-order valence-electron chi connectivity index (χ2n) is 4.06. The minimum atomic E-state index is -0.523. The zero-order valence-electron chi connectivity index (χ0n) is 10.1. The standard InChI is InChI=1S/C12H17N3OS/c1-3-6-15-11(4-5-13-15)12(16)7-10-8-17-9(2)14-10/h4-5,8,12,16H,3,6-7H2,1-2H3. The first-order chi connectivity index (χ1) is 8.20. The van der Waals surface area contributed by atoms with Crippen molar-refractivity contribution in [3.05, 3.63) is 34.0 Å². The van der Waals surface area contributed by atoms with Crippen LogP contribution in [0, 0.1) is 6.92 Å². The molecule has 0 fully saturated rings. The van der Waals surface area contributed by atoms with Crippen LogP contribution in [0.2, 0.25) is 0 Å². The van der Waals surface area contributed by atoms with Gasteiger partial charge in [0.05, 0.1) is 16.4 Å². The minimum absolute atomic E-state index is 0.523. The summed E-state index contributed by atoms with van der Waals surface area (Å²) in [6, 6.07) is 1.87. The first-order valence-electron chi connectivity index (χ1n) is 5.81. The van der Waals surface area contributed by atoms with Gasteiger partial charge in [-0.1, -0.05) is 6.92 Å². The molecule has 0 saturated carbocycles. The number of rotatable bonds is 5. The maximum Gasteiger partial charge on any atom is 0.101 e. The molecule has 2 aromatic rings. The van der Waals surface area contributed by atoms with Crippen LogP contribution in [0.25, 0.3) is 0 Å². The van der Waals surface area contributed by atoms with Crippen LogP contribution in [-0.4, -0.2) is 19.9 Å². The number of hydrogen-bond acceptors (Lipinski definition) is 4. The van der Waals surface area contributed by atoms with Gasteiger partial charge < -0.3 is 5.11 Å². The SMILES string of the molecule is CCCn1nccc1C(O)Cc1csc(C)n1. The Morgan fingerprint density at radius 1 is 1.53 bits per heavy atom. The van der Waals surface area contributed by atoms with Gasteiger partial charge in [0.25, 0.3) is 0 Å². The molecule has 1 atom stereocenters. The Balaban J connectivity index is 2.08. The van der Waals surface area contributed by atoms with E-state index in [0.717, 1.165) is 29.4 Å². The van der Waals surface area contributed by atoms with E-state index in [4.69, 9.17) is 0 Å². The van der Waals surface area contributed by atoms with Crippen molar-refractivity contribution in [1.82, 2.24) is 14.8 Å². The van der Waals surface area contributed by atoms with Crippen LogP contribution < -0.4 is 0 Å². The second-order valence-corrected chi connectivity index (χ2v) is 5.12. The maximum atomic E-state index is 10.2. The van der Waals surface area contributed by atoms with E-state index in [1.54, 1.807) is 17.5 Å². The topological polar surface area (TPSA) is 50.9 Å². The molecular weight excluding hydrogens is 234 g/mol. The summed E-state index contributed by atoms with van der Waals surface area (Å²) in [5.41, 5.74) is 1.82. The van der Waals surface area contributed by atoms with Crippen LogP contribution in [0.1, 0.15) is 35.8 Å². The number of nitrogens with zero attached hydrogens (tertiary/aromatic N) is 3. The molecule has 0 aliphatic carbocycles. The van der Waals surface area contributed by atoms with Crippen molar-refractivity contribution in [3.8, 4) is 0 Å². The highest BCUT2D eigenvalue weighted by Gasteiger charge is 2.14. The van der Waals surface area contributed by atoms with E-state index in [0.29, 0.717) is 6.42 Å². The molecule has 2 heterocycles. The van der Waals surface area contributed by atoms with Gasteiger partial charge in [-0.2, -0.15) is 5.10 Å².